The van der Waals surface area contributed by atoms with Gasteiger partial charge in [-0.1, -0.05) is 97.1 Å². The Morgan fingerprint density at radius 3 is 1.66 bits per heavy atom. The molecular formula is C51H44N2O6. The van der Waals surface area contributed by atoms with Gasteiger partial charge in [0.05, 0.1) is 0 Å². The molecule has 1 unspecified atom stereocenters. The van der Waals surface area contributed by atoms with E-state index in [2.05, 4.69) is 22.8 Å². The van der Waals surface area contributed by atoms with Crippen LogP contribution in [0.5, 0.6) is 11.5 Å². The van der Waals surface area contributed by atoms with Crippen molar-refractivity contribution in [3.05, 3.63) is 201 Å². The lowest BCUT2D eigenvalue weighted by molar-refractivity contribution is -0.196. The number of hydrogen-bond acceptors (Lipinski definition) is 6. The van der Waals surface area contributed by atoms with Crippen molar-refractivity contribution in [2.45, 2.75) is 44.9 Å². The van der Waals surface area contributed by atoms with E-state index in [0.717, 1.165) is 64.6 Å². The third kappa shape index (κ3) is 8.49. The summed E-state index contributed by atoms with van der Waals surface area (Å²) in [5.74, 6) is 0.427. The summed E-state index contributed by atoms with van der Waals surface area (Å²) in [7, 11) is 0. The number of carbonyl (C=O) groups excluding carboxylic acids is 3. The molecule has 0 bridgehead atoms. The Morgan fingerprint density at radius 2 is 1.10 bits per heavy atom. The monoisotopic (exact) mass is 780 g/mol. The number of benzene rings is 6. The molecule has 0 aromatic heterocycles. The van der Waals surface area contributed by atoms with E-state index in [1.165, 1.54) is 11.6 Å². The van der Waals surface area contributed by atoms with Crippen LogP contribution >= 0.6 is 0 Å². The number of hydrogen-bond donors (Lipinski definition) is 2. The minimum Gasteiger partial charge on any atom is -0.423 e. The smallest absolute Gasteiger partial charge is 0.336 e. The van der Waals surface area contributed by atoms with Crippen LogP contribution in [0, 0.1) is 13.8 Å². The van der Waals surface area contributed by atoms with Gasteiger partial charge in [-0.25, -0.2) is 4.79 Å². The van der Waals surface area contributed by atoms with Crippen LogP contribution in [-0.4, -0.2) is 24.4 Å². The SMILES string of the molecule is Cc1ccccc1C(=O)Nc1ccc(C=CCOOc2cccc3c2C2(CC3)CCc3cccc(OC(=O)C=Cc4ccc(NC(=O)c5ccccc5C)cc4)c32)cc1. The number of carbonyl (C=O) groups is 3. The van der Waals surface area contributed by atoms with E-state index in [1.807, 2.05) is 141 Å². The number of amides is 2. The van der Waals surface area contributed by atoms with Crippen molar-refractivity contribution < 1.29 is 28.9 Å². The summed E-state index contributed by atoms with van der Waals surface area (Å²) in [5.41, 5.74) is 10.3. The molecule has 2 N–H and O–H groups in total. The van der Waals surface area contributed by atoms with Crippen molar-refractivity contribution in [1.29, 1.82) is 0 Å². The van der Waals surface area contributed by atoms with Crippen LogP contribution in [-0.2, 0) is 27.9 Å². The molecule has 294 valence electrons. The van der Waals surface area contributed by atoms with Crippen LogP contribution in [0.25, 0.3) is 12.2 Å². The molecule has 2 amide bonds. The molecule has 0 saturated carbocycles. The maximum atomic E-state index is 13.3. The average Bonchev–Trinajstić information content (AvgIpc) is 3.83. The van der Waals surface area contributed by atoms with Gasteiger partial charge >= 0.3 is 5.97 Å². The molecule has 2 aliphatic carbocycles. The van der Waals surface area contributed by atoms with Crippen molar-refractivity contribution in [2.75, 3.05) is 17.2 Å². The number of nitrogens with one attached hydrogen (secondary N) is 2. The largest absolute Gasteiger partial charge is 0.423 e. The molecule has 2 aliphatic rings. The molecule has 8 heteroatoms. The van der Waals surface area contributed by atoms with Gasteiger partial charge in [0, 0.05) is 45.1 Å². The van der Waals surface area contributed by atoms with E-state index >= 15 is 0 Å². The molecule has 0 fully saturated rings. The first-order valence-electron chi connectivity index (χ1n) is 19.8. The zero-order chi connectivity index (χ0) is 40.8. The van der Waals surface area contributed by atoms with E-state index in [4.69, 9.17) is 14.5 Å². The fourth-order valence-electron chi connectivity index (χ4n) is 8.29. The van der Waals surface area contributed by atoms with Crippen molar-refractivity contribution in [2.24, 2.45) is 0 Å². The van der Waals surface area contributed by atoms with Crippen LogP contribution < -0.4 is 20.3 Å². The van der Waals surface area contributed by atoms with Crippen LogP contribution in [0.1, 0.15) is 78.1 Å². The highest BCUT2D eigenvalue weighted by Gasteiger charge is 2.49. The Balaban J connectivity index is 0.897. The highest BCUT2D eigenvalue weighted by Crippen LogP contribution is 2.57. The number of aryl methyl sites for hydroxylation is 4. The summed E-state index contributed by atoms with van der Waals surface area (Å²) in [6.45, 7) is 4.05. The lowest BCUT2D eigenvalue weighted by Crippen LogP contribution is -2.24. The van der Waals surface area contributed by atoms with Gasteiger partial charge in [-0.2, -0.15) is 4.89 Å². The second-order valence-corrected chi connectivity index (χ2v) is 15.0. The van der Waals surface area contributed by atoms with Crippen LogP contribution in [0.2, 0.25) is 0 Å². The molecule has 0 heterocycles. The van der Waals surface area contributed by atoms with Gasteiger partial charge in [0.25, 0.3) is 11.8 Å². The van der Waals surface area contributed by atoms with Crippen LogP contribution in [0.15, 0.2) is 146 Å². The summed E-state index contributed by atoms with van der Waals surface area (Å²) in [4.78, 5) is 50.5. The third-order valence-electron chi connectivity index (χ3n) is 11.2. The van der Waals surface area contributed by atoms with Crippen molar-refractivity contribution >= 4 is 41.3 Å². The van der Waals surface area contributed by atoms with Crippen LogP contribution in [0.3, 0.4) is 0 Å². The second kappa shape index (κ2) is 17.2. The number of fused-ring (bicyclic) bond motifs is 4. The summed E-state index contributed by atoms with van der Waals surface area (Å²) in [6.07, 6.45) is 10.4. The zero-order valence-electron chi connectivity index (χ0n) is 33.0. The van der Waals surface area contributed by atoms with E-state index in [-0.39, 0.29) is 23.8 Å². The maximum Gasteiger partial charge on any atom is 0.336 e. The first-order valence-corrected chi connectivity index (χ1v) is 19.8. The molecule has 8 nitrogen and oxygen atoms in total. The molecular weight excluding hydrogens is 737 g/mol. The minimum absolute atomic E-state index is 0.139. The second-order valence-electron chi connectivity index (χ2n) is 15.0. The van der Waals surface area contributed by atoms with E-state index in [0.29, 0.717) is 34.0 Å². The van der Waals surface area contributed by atoms with E-state index in [9.17, 15) is 14.4 Å². The Hall–Kier alpha value is -7.03. The Morgan fingerprint density at radius 1 is 0.593 bits per heavy atom. The maximum absolute atomic E-state index is 13.3. The van der Waals surface area contributed by atoms with Gasteiger partial charge < -0.3 is 20.3 Å². The van der Waals surface area contributed by atoms with Gasteiger partial charge in [0.15, 0.2) is 5.75 Å². The fraction of sp³-hybridized carbons (Fsp3) is 0.157. The molecule has 8 rings (SSSR count). The number of anilines is 2. The molecule has 6 aromatic rings. The molecule has 1 atom stereocenters. The lowest BCUT2D eigenvalue weighted by atomic mass is 9.76. The zero-order valence-corrected chi connectivity index (χ0v) is 33.0. The first-order chi connectivity index (χ1) is 28.8. The van der Waals surface area contributed by atoms with Crippen molar-refractivity contribution in [1.82, 2.24) is 0 Å². The highest BCUT2D eigenvalue weighted by molar-refractivity contribution is 6.06. The third-order valence-corrected chi connectivity index (χ3v) is 11.2. The Kier molecular flexibility index (Phi) is 11.3. The summed E-state index contributed by atoms with van der Waals surface area (Å²) in [5, 5.41) is 5.89. The highest BCUT2D eigenvalue weighted by atomic mass is 17.2. The summed E-state index contributed by atoms with van der Waals surface area (Å²) >= 11 is 0. The first kappa shape index (κ1) is 38.8. The Bertz CT molecular complexity index is 2590. The molecule has 1 spiro atoms. The predicted octanol–water partition coefficient (Wildman–Crippen LogP) is 10.6. The molecule has 6 aromatic carbocycles. The topological polar surface area (TPSA) is 103 Å². The van der Waals surface area contributed by atoms with Crippen LogP contribution in [0.4, 0.5) is 11.4 Å². The quantitative estimate of drug-likeness (QED) is 0.0320. The predicted molar refractivity (Wildman–Crippen MR) is 232 cm³/mol. The molecule has 59 heavy (non-hydrogen) atoms. The summed E-state index contributed by atoms with van der Waals surface area (Å²) < 4.78 is 6.08. The van der Waals surface area contributed by atoms with E-state index in [1.54, 1.807) is 12.1 Å². The molecule has 0 saturated heterocycles. The van der Waals surface area contributed by atoms with Crippen molar-refractivity contribution in [3.63, 3.8) is 0 Å². The molecule has 0 aliphatic heterocycles. The van der Waals surface area contributed by atoms with E-state index < -0.39 is 5.97 Å². The minimum atomic E-state index is -0.475. The van der Waals surface area contributed by atoms with Gasteiger partial charge in [-0.3, -0.25) is 9.59 Å². The number of esters is 1. The standard InChI is InChI=1S/C51H44N2O6/c1-34-10-3-5-15-42(34)49(55)52-40-24-19-36(20-25-40)12-9-33-57-59-45-18-8-14-39-30-32-51(48(39)45)31-29-38-13-7-17-44(47(38)51)58-46(54)28-23-37-21-26-41(27-22-37)53-50(56)43-16-6-4-11-35(43)2/h3-28H,29-33H2,1-2H3,(H,52,55)(H,53,56). The lowest BCUT2D eigenvalue weighted by Gasteiger charge is -2.29. The molecule has 0 radical (unpaired) electrons. The van der Waals surface area contributed by atoms with Gasteiger partial charge in [-0.15, -0.1) is 0 Å². The van der Waals surface area contributed by atoms with Gasteiger partial charge in [0.1, 0.15) is 12.4 Å². The van der Waals surface area contributed by atoms with Gasteiger partial charge in [-0.05, 0) is 128 Å². The normalized spacial score (nSPS) is 15.3. The number of rotatable bonds is 12. The fourth-order valence-corrected chi connectivity index (χ4v) is 8.29. The average molecular weight is 781 g/mol. The number of ether oxygens (including phenoxy) is 1. The summed E-state index contributed by atoms with van der Waals surface area (Å²) in [6, 6.07) is 41.9. The Labute approximate surface area is 344 Å². The van der Waals surface area contributed by atoms with Gasteiger partial charge in [0.2, 0.25) is 0 Å². The van der Waals surface area contributed by atoms with Crippen molar-refractivity contribution in [3.8, 4) is 11.5 Å².